The van der Waals surface area contributed by atoms with E-state index in [0.29, 0.717) is 13.2 Å². The average molecular weight is 247 g/mol. The van der Waals surface area contributed by atoms with Crippen molar-refractivity contribution in [1.29, 1.82) is 0 Å². The third-order valence-electron chi connectivity index (χ3n) is 2.68. The van der Waals surface area contributed by atoms with Gasteiger partial charge in [-0.3, -0.25) is 4.79 Å². The molecular weight excluding hydrogens is 226 g/mol. The third-order valence-corrected chi connectivity index (χ3v) is 3.75. The first-order valence-electron chi connectivity index (χ1n) is 5.80. The molecule has 0 spiro atoms. The number of hydrogen-bond acceptors (Lipinski definition) is 4. The van der Waals surface area contributed by atoms with Gasteiger partial charge in [-0.25, -0.2) is 0 Å². The molecule has 1 heterocycles. The lowest BCUT2D eigenvalue weighted by molar-refractivity contribution is -0.139. The maximum Gasteiger partial charge on any atom is 0.251 e. The first-order chi connectivity index (χ1) is 7.69. The quantitative estimate of drug-likeness (QED) is 0.653. The summed E-state index contributed by atoms with van der Waals surface area (Å²) in [7, 11) is 0. The second-order valence-corrected chi connectivity index (χ2v) is 5.35. The van der Waals surface area contributed by atoms with Crippen molar-refractivity contribution in [3.63, 3.8) is 0 Å². The zero-order valence-electron chi connectivity index (χ0n) is 9.83. The van der Waals surface area contributed by atoms with Crippen LogP contribution in [0, 0.1) is 0 Å². The van der Waals surface area contributed by atoms with Crippen LogP contribution >= 0.6 is 11.8 Å². The Morgan fingerprint density at radius 3 is 3.00 bits per heavy atom. The van der Waals surface area contributed by atoms with Crippen molar-refractivity contribution < 1.29 is 14.6 Å². The van der Waals surface area contributed by atoms with E-state index >= 15 is 0 Å². The highest BCUT2D eigenvalue weighted by molar-refractivity contribution is 7.99. The SMILES string of the molecule is CC1(C(=O)NCCSCCCO)CCCO1. The number of thioether (sulfide) groups is 1. The highest BCUT2D eigenvalue weighted by Gasteiger charge is 2.37. The predicted octanol–water partition coefficient (Wildman–Crippen LogP) is 0.787. The summed E-state index contributed by atoms with van der Waals surface area (Å²) in [5, 5.41) is 11.5. The highest BCUT2D eigenvalue weighted by atomic mass is 32.2. The molecule has 1 aliphatic heterocycles. The van der Waals surface area contributed by atoms with E-state index in [1.165, 1.54) is 0 Å². The number of nitrogens with one attached hydrogen (secondary N) is 1. The first-order valence-corrected chi connectivity index (χ1v) is 6.95. The molecule has 1 saturated heterocycles. The smallest absolute Gasteiger partial charge is 0.251 e. The second-order valence-electron chi connectivity index (χ2n) is 4.13. The molecule has 0 bridgehead atoms. The summed E-state index contributed by atoms with van der Waals surface area (Å²) in [4.78, 5) is 11.8. The molecule has 1 rings (SSSR count). The van der Waals surface area contributed by atoms with Crippen molar-refractivity contribution in [2.24, 2.45) is 0 Å². The summed E-state index contributed by atoms with van der Waals surface area (Å²) in [6.07, 6.45) is 2.60. The van der Waals surface area contributed by atoms with Crippen molar-refractivity contribution in [2.45, 2.75) is 31.8 Å². The zero-order chi connectivity index (χ0) is 11.9. The van der Waals surface area contributed by atoms with Gasteiger partial charge in [-0.2, -0.15) is 11.8 Å². The van der Waals surface area contributed by atoms with Crippen LogP contribution in [0.2, 0.25) is 0 Å². The van der Waals surface area contributed by atoms with Crippen molar-refractivity contribution in [2.75, 3.05) is 31.3 Å². The Labute approximate surface area is 101 Å². The van der Waals surface area contributed by atoms with Gasteiger partial charge in [-0.15, -0.1) is 0 Å². The third kappa shape index (κ3) is 4.31. The number of aliphatic hydroxyl groups is 1. The van der Waals surface area contributed by atoms with Crippen LogP contribution in [0.1, 0.15) is 26.2 Å². The predicted molar refractivity (Wildman–Crippen MR) is 65.6 cm³/mol. The molecule has 2 N–H and O–H groups in total. The van der Waals surface area contributed by atoms with E-state index in [4.69, 9.17) is 9.84 Å². The average Bonchev–Trinajstić information content (AvgIpc) is 2.71. The monoisotopic (exact) mass is 247 g/mol. The van der Waals surface area contributed by atoms with E-state index in [9.17, 15) is 4.79 Å². The van der Waals surface area contributed by atoms with Crippen molar-refractivity contribution in [3.05, 3.63) is 0 Å². The summed E-state index contributed by atoms with van der Waals surface area (Å²) < 4.78 is 5.45. The summed E-state index contributed by atoms with van der Waals surface area (Å²) in [6.45, 7) is 3.46. The molecule has 0 radical (unpaired) electrons. The van der Waals surface area contributed by atoms with Gasteiger partial charge in [0, 0.05) is 25.5 Å². The number of carbonyl (C=O) groups is 1. The van der Waals surface area contributed by atoms with Crippen LogP contribution in [0.3, 0.4) is 0 Å². The van der Waals surface area contributed by atoms with Crippen LogP contribution in [0.25, 0.3) is 0 Å². The van der Waals surface area contributed by atoms with Gasteiger partial charge in [0.1, 0.15) is 5.60 Å². The van der Waals surface area contributed by atoms with Crippen LogP contribution < -0.4 is 5.32 Å². The van der Waals surface area contributed by atoms with E-state index in [2.05, 4.69) is 5.32 Å². The lowest BCUT2D eigenvalue weighted by atomic mass is 10.0. The molecule has 4 nitrogen and oxygen atoms in total. The molecule has 16 heavy (non-hydrogen) atoms. The zero-order valence-corrected chi connectivity index (χ0v) is 10.6. The fraction of sp³-hybridized carbons (Fsp3) is 0.909. The number of aliphatic hydroxyl groups excluding tert-OH is 1. The van der Waals surface area contributed by atoms with Gasteiger partial charge in [0.25, 0.3) is 5.91 Å². The molecule has 1 atom stereocenters. The number of rotatable bonds is 7. The van der Waals surface area contributed by atoms with Gasteiger partial charge in [-0.05, 0) is 31.9 Å². The topological polar surface area (TPSA) is 58.6 Å². The van der Waals surface area contributed by atoms with Gasteiger partial charge in [0.15, 0.2) is 0 Å². The second kappa shape index (κ2) is 7.14. The summed E-state index contributed by atoms with van der Waals surface area (Å²) in [5.41, 5.74) is -0.601. The molecule has 0 aliphatic carbocycles. The van der Waals surface area contributed by atoms with E-state index in [0.717, 1.165) is 30.8 Å². The minimum absolute atomic E-state index is 0.00718. The molecule has 1 unspecified atom stereocenters. The van der Waals surface area contributed by atoms with Crippen molar-refractivity contribution in [3.8, 4) is 0 Å². The summed E-state index contributed by atoms with van der Waals surface area (Å²) in [5.74, 6) is 1.84. The number of carbonyl (C=O) groups excluding carboxylic acids is 1. The lowest BCUT2D eigenvalue weighted by Gasteiger charge is -2.21. The lowest BCUT2D eigenvalue weighted by Crippen LogP contribution is -2.44. The number of ether oxygens (including phenoxy) is 1. The normalized spacial score (nSPS) is 24.6. The Hall–Kier alpha value is -0.260. The van der Waals surface area contributed by atoms with Crippen LogP contribution in [-0.2, 0) is 9.53 Å². The molecule has 5 heteroatoms. The molecule has 1 fully saturated rings. The maximum absolute atomic E-state index is 11.8. The Morgan fingerprint density at radius 2 is 2.38 bits per heavy atom. The molecule has 0 aromatic rings. The minimum atomic E-state index is -0.601. The Balaban J connectivity index is 2.06. The van der Waals surface area contributed by atoms with Crippen LogP contribution in [0.4, 0.5) is 0 Å². The Morgan fingerprint density at radius 1 is 1.56 bits per heavy atom. The minimum Gasteiger partial charge on any atom is -0.396 e. The van der Waals surface area contributed by atoms with Gasteiger partial charge in [0.2, 0.25) is 0 Å². The molecule has 1 aliphatic rings. The van der Waals surface area contributed by atoms with Gasteiger partial charge in [0.05, 0.1) is 0 Å². The molecular formula is C11H21NO3S. The van der Waals surface area contributed by atoms with Crippen molar-refractivity contribution >= 4 is 17.7 Å². The number of hydrogen-bond donors (Lipinski definition) is 2. The fourth-order valence-electron chi connectivity index (χ4n) is 1.65. The van der Waals surface area contributed by atoms with Gasteiger partial charge >= 0.3 is 0 Å². The molecule has 0 aromatic heterocycles. The molecule has 0 saturated carbocycles. The Bertz CT molecular complexity index is 217. The fourth-order valence-corrected chi connectivity index (χ4v) is 2.43. The number of amides is 1. The van der Waals surface area contributed by atoms with E-state index < -0.39 is 5.60 Å². The Kier molecular flexibility index (Phi) is 6.16. The molecule has 94 valence electrons. The highest BCUT2D eigenvalue weighted by Crippen LogP contribution is 2.24. The maximum atomic E-state index is 11.8. The molecule has 0 aromatic carbocycles. The van der Waals surface area contributed by atoms with Crippen LogP contribution in [0.5, 0.6) is 0 Å². The standard InChI is InChI=1S/C11H21NO3S/c1-11(4-2-7-15-11)10(14)12-5-9-16-8-3-6-13/h13H,2-9H2,1H3,(H,12,14). The van der Waals surface area contributed by atoms with Crippen LogP contribution in [0.15, 0.2) is 0 Å². The van der Waals surface area contributed by atoms with E-state index in [-0.39, 0.29) is 12.5 Å². The summed E-state index contributed by atoms with van der Waals surface area (Å²) in [6, 6.07) is 0. The van der Waals surface area contributed by atoms with Gasteiger partial charge < -0.3 is 15.2 Å². The van der Waals surface area contributed by atoms with Crippen LogP contribution in [-0.4, -0.2) is 47.9 Å². The first kappa shape index (κ1) is 13.8. The van der Waals surface area contributed by atoms with E-state index in [1.54, 1.807) is 11.8 Å². The van der Waals surface area contributed by atoms with E-state index in [1.807, 2.05) is 6.92 Å². The summed E-state index contributed by atoms with van der Waals surface area (Å²) >= 11 is 1.75. The van der Waals surface area contributed by atoms with Crippen molar-refractivity contribution in [1.82, 2.24) is 5.32 Å². The largest absolute Gasteiger partial charge is 0.396 e. The molecule has 1 amide bonds. The van der Waals surface area contributed by atoms with Gasteiger partial charge in [-0.1, -0.05) is 0 Å².